The minimum absolute atomic E-state index is 1.09. The Bertz CT molecular complexity index is 2890. The van der Waals surface area contributed by atoms with Crippen LogP contribution in [0.5, 0.6) is 0 Å². The van der Waals surface area contributed by atoms with Gasteiger partial charge in [-0.2, -0.15) is 0 Å². The SMILES string of the molecule is c1ccc(-c2ccc(N(c3ccccc3)c3ccc4sc5c6ccccc6ccc5c4c3N(c3ccccc3)c3ccc(-c4ccccc4)cc3)cc2)cc1. The lowest BCUT2D eigenvalue weighted by atomic mass is 10.0. The van der Waals surface area contributed by atoms with Crippen molar-refractivity contribution in [2.75, 3.05) is 9.80 Å². The molecule has 0 N–H and O–H groups in total. The van der Waals surface area contributed by atoms with Crippen LogP contribution in [0.2, 0.25) is 0 Å². The third kappa shape index (κ3) is 6.01. The van der Waals surface area contributed by atoms with Gasteiger partial charge in [-0.05, 0) is 93.7 Å². The normalized spacial score (nSPS) is 11.3. The topological polar surface area (TPSA) is 6.48 Å². The molecule has 0 aliphatic carbocycles. The molecular weight excluding hydrogens is 685 g/mol. The van der Waals surface area contributed by atoms with Gasteiger partial charge in [-0.1, -0.05) is 158 Å². The maximum Gasteiger partial charge on any atom is 0.0796 e. The van der Waals surface area contributed by atoms with Crippen LogP contribution in [0, 0.1) is 0 Å². The highest BCUT2D eigenvalue weighted by molar-refractivity contribution is 7.26. The molecule has 0 radical (unpaired) electrons. The lowest BCUT2D eigenvalue weighted by Gasteiger charge is -2.34. The molecule has 0 amide bonds. The molecule has 260 valence electrons. The Hall–Kier alpha value is -6.94. The Morgan fingerprint density at radius 2 is 0.764 bits per heavy atom. The fourth-order valence-electron chi connectivity index (χ4n) is 7.83. The Morgan fingerprint density at radius 3 is 1.35 bits per heavy atom. The standard InChI is InChI=1S/C52H36N2S/c1-5-15-37(16-6-1)39-25-30-44(31-26-39)53(42-20-9-3-10-21-42)48-35-36-49-50(47-34-29-41-19-13-14-24-46(41)52(47)55-49)51(48)54(43-22-11-4-12-23-43)45-32-27-40(28-33-45)38-17-7-2-8-18-38/h1-36H. The van der Waals surface area contributed by atoms with Crippen molar-refractivity contribution in [1.29, 1.82) is 0 Å². The molecule has 10 rings (SSSR count). The van der Waals surface area contributed by atoms with Gasteiger partial charge in [0.15, 0.2) is 0 Å². The number of thiophene rings is 1. The van der Waals surface area contributed by atoms with E-state index in [1.54, 1.807) is 0 Å². The van der Waals surface area contributed by atoms with E-state index in [-0.39, 0.29) is 0 Å². The number of hydrogen-bond acceptors (Lipinski definition) is 3. The quantitative estimate of drug-likeness (QED) is 0.154. The summed E-state index contributed by atoms with van der Waals surface area (Å²) in [4.78, 5) is 4.88. The highest BCUT2D eigenvalue weighted by Gasteiger charge is 2.27. The summed E-state index contributed by atoms with van der Waals surface area (Å²) in [5.41, 5.74) is 11.4. The first-order valence-electron chi connectivity index (χ1n) is 18.7. The number of nitrogens with zero attached hydrogens (tertiary/aromatic N) is 2. The minimum atomic E-state index is 1.09. The summed E-state index contributed by atoms with van der Waals surface area (Å²) in [5, 5.41) is 5.03. The summed E-state index contributed by atoms with van der Waals surface area (Å²) in [6, 6.07) is 78.8. The monoisotopic (exact) mass is 720 g/mol. The lowest BCUT2D eigenvalue weighted by Crippen LogP contribution is -2.17. The van der Waals surface area contributed by atoms with E-state index in [1.165, 1.54) is 53.2 Å². The zero-order chi connectivity index (χ0) is 36.6. The number of para-hydroxylation sites is 2. The molecule has 1 aromatic heterocycles. The Balaban J connectivity index is 1.27. The Labute approximate surface area is 325 Å². The first-order valence-corrected chi connectivity index (χ1v) is 19.5. The van der Waals surface area contributed by atoms with Crippen LogP contribution in [0.1, 0.15) is 0 Å². The van der Waals surface area contributed by atoms with Crippen molar-refractivity contribution in [2.45, 2.75) is 0 Å². The summed E-state index contributed by atoms with van der Waals surface area (Å²) >= 11 is 1.88. The van der Waals surface area contributed by atoms with Crippen molar-refractivity contribution in [2.24, 2.45) is 0 Å². The number of hydrogen-bond donors (Lipinski definition) is 0. The molecule has 1 heterocycles. The predicted molar refractivity (Wildman–Crippen MR) is 237 cm³/mol. The van der Waals surface area contributed by atoms with Crippen LogP contribution in [0.25, 0.3) is 53.2 Å². The molecule has 0 atom stereocenters. The van der Waals surface area contributed by atoms with Crippen molar-refractivity contribution in [3.05, 3.63) is 218 Å². The Kier molecular flexibility index (Phi) is 8.40. The molecular formula is C52H36N2S. The van der Waals surface area contributed by atoms with Gasteiger partial charge in [-0.25, -0.2) is 0 Å². The number of benzene rings is 9. The van der Waals surface area contributed by atoms with Gasteiger partial charge in [0, 0.05) is 42.9 Å². The van der Waals surface area contributed by atoms with Crippen LogP contribution in [0.15, 0.2) is 218 Å². The van der Waals surface area contributed by atoms with E-state index in [9.17, 15) is 0 Å². The first kappa shape index (κ1) is 32.7. The van der Waals surface area contributed by atoms with Crippen molar-refractivity contribution in [3.8, 4) is 22.3 Å². The van der Waals surface area contributed by atoms with Gasteiger partial charge in [-0.15, -0.1) is 11.3 Å². The van der Waals surface area contributed by atoms with Crippen molar-refractivity contribution in [3.63, 3.8) is 0 Å². The number of fused-ring (bicyclic) bond motifs is 5. The predicted octanol–water partition coefficient (Wildman–Crippen LogP) is 15.5. The lowest BCUT2D eigenvalue weighted by molar-refractivity contribution is 1.24. The summed E-state index contributed by atoms with van der Waals surface area (Å²) in [6.45, 7) is 0. The van der Waals surface area contributed by atoms with Crippen molar-refractivity contribution in [1.82, 2.24) is 0 Å². The van der Waals surface area contributed by atoms with Crippen LogP contribution in [-0.2, 0) is 0 Å². The van der Waals surface area contributed by atoms with Gasteiger partial charge < -0.3 is 9.80 Å². The molecule has 0 aliphatic heterocycles. The van der Waals surface area contributed by atoms with E-state index in [4.69, 9.17) is 0 Å². The molecule has 0 unspecified atom stereocenters. The fourth-order valence-corrected chi connectivity index (χ4v) is 9.07. The molecule has 9 aromatic carbocycles. The second kappa shape index (κ2) is 14.1. The second-order valence-corrected chi connectivity index (χ2v) is 14.8. The van der Waals surface area contributed by atoms with Crippen LogP contribution in [-0.4, -0.2) is 0 Å². The molecule has 0 saturated heterocycles. The molecule has 2 nitrogen and oxygen atoms in total. The number of anilines is 6. The summed E-state index contributed by atoms with van der Waals surface area (Å²) in [7, 11) is 0. The van der Waals surface area contributed by atoms with E-state index >= 15 is 0 Å². The summed E-state index contributed by atoms with van der Waals surface area (Å²) < 4.78 is 2.55. The van der Waals surface area contributed by atoms with Gasteiger partial charge in [0.1, 0.15) is 0 Å². The van der Waals surface area contributed by atoms with E-state index in [2.05, 4.69) is 228 Å². The highest BCUT2D eigenvalue weighted by atomic mass is 32.1. The van der Waals surface area contributed by atoms with E-state index < -0.39 is 0 Å². The summed E-state index contributed by atoms with van der Waals surface area (Å²) in [6.07, 6.45) is 0. The zero-order valence-electron chi connectivity index (χ0n) is 30.1. The van der Waals surface area contributed by atoms with Crippen LogP contribution in [0.4, 0.5) is 34.1 Å². The van der Waals surface area contributed by atoms with Gasteiger partial charge in [0.2, 0.25) is 0 Å². The zero-order valence-corrected chi connectivity index (χ0v) is 30.9. The summed E-state index contributed by atoms with van der Waals surface area (Å²) in [5.74, 6) is 0. The maximum atomic E-state index is 2.46. The van der Waals surface area contributed by atoms with E-state index in [0.29, 0.717) is 0 Å². The molecule has 0 aliphatic rings. The minimum Gasteiger partial charge on any atom is -0.308 e. The molecule has 0 saturated carbocycles. The van der Waals surface area contributed by atoms with Gasteiger partial charge in [-0.3, -0.25) is 0 Å². The first-order chi connectivity index (χ1) is 27.3. The Morgan fingerprint density at radius 1 is 0.309 bits per heavy atom. The van der Waals surface area contributed by atoms with Crippen LogP contribution in [0.3, 0.4) is 0 Å². The van der Waals surface area contributed by atoms with Gasteiger partial charge in [0.05, 0.1) is 11.4 Å². The second-order valence-electron chi connectivity index (χ2n) is 13.7. The molecule has 0 spiro atoms. The molecule has 3 heteroatoms. The number of rotatable bonds is 8. The highest BCUT2D eigenvalue weighted by Crippen LogP contribution is 2.53. The maximum absolute atomic E-state index is 2.46. The van der Waals surface area contributed by atoms with Gasteiger partial charge in [0.25, 0.3) is 0 Å². The van der Waals surface area contributed by atoms with Crippen LogP contribution >= 0.6 is 11.3 Å². The molecule has 55 heavy (non-hydrogen) atoms. The molecule has 0 fully saturated rings. The van der Waals surface area contributed by atoms with E-state index in [1.807, 2.05) is 11.3 Å². The third-order valence-corrected chi connectivity index (χ3v) is 11.6. The van der Waals surface area contributed by atoms with Gasteiger partial charge >= 0.3 is 0 Å². The van der Waals surface area contributed by atoms with Crippen molar-refractivity contribution < 1.29 is 0 Å². The van der Waals surface area contributed by atoms with Crippen molar-refractivity contribution >= 4 is 76.4 Å². The average molecular weight is 721 g/mol. The fraction of sp³-hybridized carbons (Fsp3) is 0. The molecule has 0 bridgehead atoms. The third-order valence-electron chi connectivity index (χ3n) is 10.4. The largest absolute Gasteiger partial charge is 0.308 e. The van der Waals surface area contributed by atoms with E-state index in [0.717, 1.165) is 34.1 Å². The average Bonchev–Trinajstić information content (AvgIpc) is 3.66. The smallest absolute Gasteiger partial charge is 0.0796 e. The van der Waals surface area contributed by atoms with Crippen LogP contribution < -0.4 is 9.80 Å². The molecule has 10 aromatic rings.